The summed E-state index contributed by atoms with van der Waals surface area (Å²) >= 11 is 1.83. The highest BCUT2D eigenvalue weighted by molar-refractivity contribution is 7.10. The van der Waals surface area contributed by atoms with Gasteiger partial charge in [0.2, 0.25) is 0 Å². The molecular formula is C18H25NS. The molecule has 0 fully saturated rings. The highest BCUT2D eigenvalue weighted by atomic mass is 32.1. The van der Waals surface area contributed by atoms with E-state index in [0.717, 1.165) is 0 Å². The van der Waals surface area contributed by atoms with Crippen LogP contribution in [-0.2, 0) is 0 Å². The van der Waals surface area contributed by atoms with Gasteiger partial charge >= 0.3 is 0 Å². The number of hydrogen-bond acceptors (Lipinski definition) is 2. The minimum absolute atomic E-state index is 0.418. The first kappa shape index (κ1) is 15.3. The smallest absolute Gasteiger partial charge is 0.0391 e. The summed E-state index contributed by atoms with van der Waals surface area (Å²) in [6.45, 7) is 4.53. The lowest BCUT2D eigenvalue weighted by molar-refractivity contribution is 0.430. The average Bonchev–Trinajstić information content (AvgIpc) is 3.01. The van der Waals surface area contributed by atoms with Crippen LogP contribution in [0.1, 0.15) is 62.1 Å². The molecular weight excluding hydrogens is 262 g/mol. The molecule has 0 spiro atoms. The maximum atomic E-state index is 3.80. The van der Waals surface area contributed by atoms with Crippen LogP contribution in [0.25, 0.3) is 0 Å². The molecule has 1 aromatic heterocycles. The second-order valence-corrected chi connectivity index (χ2v) is 6.34. The highest BCUT2D eigenvalue weighted by Crippen LogP contribution is 2.26. The van der Waals surface area contributed by atoms with Crippen molar-refractivity contribution >= 4 is 11.3 Å². The van der Waals surface area contributed by atoms with Crippen LogP contribution in [0.3, 0.4) is 0 Å². The molecule has 0 radical (unpaired) electrons. The molecule has 108 valence electrons. The van der Waals surface area contributed by atoms with E-state index in [0.29, 0.717) is 12.1 Å². The summed E-state index contributed by atoms with van der Waals surface area (Å²) in [5, 5.41) is 5.96. The van der Waals surface area contributed by atoms with Crippen LogP contribution in [0.4, 0.5) is 0 Å². The van der Waals surface area contributed by atoms with Crippen molar-refractivity contribution in [2.75, 3.05) is 0 Å². The van der Waals surface area contributed by atoms with Crippen LogP contribution in [0.5, 0.6) is 0 Å². The van der Waals surface area contributed by atoms with Gasteiger partial charge in [-0.25, -0.2) is 0 Å². The van der Waals surface area contributed by atoms with Gasteiger partial charge in [0.1, 0.15) is 0 Å². The van der Waals surface area contributed by atoms with Crippen molar-refractivity contribution in [1.29, 1.82) is 0 Å². The third-order valence-electron chi connectivity index (χ3n) is 3.72. The first-order valence-electron chi connectivity index (χ1n) is 7.65. The molecule has 2 heteroatoms. The Labute approximate surface area is 127 Å². The first-order chi connectivity index (χ1) is 9.81. The fourth-order valence-electron chi connectivity index (χ4n) is 2.55. The molecule has 1 heterocycles. The van der Waals surface area contributed by atoms with Crippen LogP contribution in [-0.4, -0.2) is 0 Å². The van der Waals surface area contributed by atoms with Crippen molar-refractivity contribution in [1.82, 2.24) is 5.32 Å². The number of benzene rings is 1. The summed E-state index contributed by atoms with van der Waals surface area (Å²) in [6, 6.07) is 16.1. The zero-order valence-electron chi connectivity index (χ0n) is 12.5. The number of thiophene rings is 1. The van der Waals surface area contributed by atoms with E-state index in [-0.39, 0.29) is 0 Å². The summed E-state index contributed by atoms with van der Waals surface area (Å²) in [7, 11) is 0. The topological polar surface area (TPSA) is 12.0 Å². The fourth-order valence-corrected chi connectivity index (χ4v) is 3.30. The number of unbranched alkanes of at least 4 members (excludes halogenated alkanes) is 2. The molecule has 1 aromatic carbocycles. The summed E-state index contributed by atoms with van der Waals surface area (Å²) in [6.07, 6.45) is 5.11. The molecule has 0 amide bonds. The Morgan fingerprint density at radius 1 is 1.05 bits per heavy atom. The van der Waals surface area contributed by atoms with Gasteiger partial charge in [-0.2, -0.15) is 0 Å². The summed E-state index contributed by atoms with van der Waals surface area (Å²) in [5.74, 6) is 0. The van der Waals surface area contributed by atoms with Crippen molar-refractivity contribution in [3.63, 3.8) is 0 Å². The maximum absolute atomic E-state index is 3.80. The van der Waals surface area contributed by atoms with E-state index in [4.69, 9.17) is 0 Å². The van der Waals surface area contributed by atoms with Crippen molar-refractivity contribution < 1.29 is 0 Å². The second-order valence-electron chi connectivity index (χ2n) is 5.36. The third kappa shape index (κ3) is 4.46. The lowest BCUT2D eigenvalue weighted by Gasteiger charge is -2.23. The Morgan fingerprint density at radius 2 is 1.85 bits per heavy atom. The quantitative estimate of drug-likeness (QED) is 0.612. The Bertz CT molecular complexity index is 463. The van der Waals surface area contributed by atoms with E-state index in [1.165, 1.54) is 36.1 Å². The summed E-state index contributed by atoms with van der Waals surface area (Å²) < 4.78 is 0. The van der Waals surface area contributed by atoms with Gasteiger partial charge in [-0.3, -0.25) is 0 Å². The molecule has 1 N–H and O–H groups in total. The molecule has 0 aliphatic rings. The van der Waals surface area contributed by atoms with E-state index in [2.05, 4.69) is 67.0 Å². The monoisotopic (exact) mass is 287 g/mol. The molecule has 1 nitrogen and oxygen atoms in total. The van der Waals surface area contributed by atoms with Gasteiger partial charge in [-0.1, -0.05) is 62.6 Å². The lowest BCUT2D eigenvalue weighted by atomic mass is 9.99. The molecule has 20 heavy (non-hydrogen) atoms. The largest absolute Gasteiger partial charge is 0.303 e. The van der Waals surface area contributed by atoms with Gasteiger partial charge in [0, 0.05) is 17.0 Å². The summed E-state index contributed by atoms with van der Waals surface area (Å²) in [5.41, 5.74) is 1.41. The predicted molar refractivity (Wildman–Crippen MR) is 89.2 cm³/mol. The van der Waals surface area contributed by atoms with Crippen LogP contribution >= 0.6 is 11.3 Å². The number of rotatable bonds is 8. The molecule has 0 bridgehead atoms. The lowest BCUT2D eigenvalue weighted by Crippen LogP contribution is -2.24. The SMILES string of the molecule is CCCCCC(N[C@H](C)c1cccs1)c1ccccc1. The highest BCUT2D eigenvalue weighted by Gasteiger charge is 2.15. The van der Waals surface area contributed by atoms with Gasteiger partial charge in [-0.05, 0) is 30.4 Å². The van der Waals surface area contributed by atoms with Gasteiger partial charge in [0.15, 0.2) is 0 Å². The van der Waals surface area contributed by atoms with Gasteiger partial charge in [0.05, 0.1) is 0 Å². The molecule has 2 atom stereocenters. The third-order valence-corrected chi connectivity index (χ3v) is 4.77. The van der Waals surface area contributed by atoms with Crippen molar-refractivity contribution in [2.24, 2.45) is 0 Å². The van der Waals surface area contributed by atoms with E-state index >= 15 is 0 Å². The molecule has 0 aliphatic carbocycles. The Kier molecular flexibility index (Phi) is 6.28. The molecule has 0 saturated heterocycles. The summed E-state index contributed by atoms with van der Waals surface area (Å²) in [4.78, 5) is 1.42. The molecule has 2 aromatic rings. The Balaban J connectivity index is 2.02. The van der Waals surface area contributed by atoms with Crippen LogP contribution < -0.4 is 5.32 Å². The Morgan fingerprint density at radius 3 is 2.50 bits per heavy atom. The average molecular weight is 287 g/mol. The van der Waals surface area contributed by atoms with Gasteiger partial charge in [-0.15, -0.1) is 11.3 Å². The molecule has 1 unspecified atom stereocenters. The Hall–Kier alpha value is -1.12. The predicted octanol–water partition coefficient (Wildman–Crippen LogP) is 5.72. The first-order valence-corrected chi connectivity index (χ1v) is 8.53. The van der Waals surface area contributed by atoms with Crippen LogP contribution in [0.2, 0.25) is 0 Å². The molecule has 0 aliphatic heterocycles. The van der Waals surface area contributed by atoms with Crippen molar-refractivity contribution in [2.45, 2.75) is 51.6 Å². The zero-order chi connectivity index (χ0) is 14.2. The van der Waals surface area contributed by atoms with Crippen LogP contribution in [0, 0.1) is 0 Å². The fraction of sp³-hybridized carbons (Fsp3) is 0.444. The van der Waals surface area contributed by atoms with E-state index in [1.54, 1.807) is 0 Å². The van der Waals surface area contributed by atoms with Crippen molar-refractivity contribution in [3.8, 4) is 0 Å². The van der Waals surface area contributed by atoms with E-state index in [1.807, 2.05) is 11.3 Å². The number of nitrogens with one attached hydrogen (secondary N) is 1. The van der Waals surface area contributed by atoms with E-state index in [9.17, 15) is 0 Å². The molecule has 2 rings (SSSR count). The standard InChI is InChI=1S/C18H25NS/c1-3-4-6-12-17(16-10-7-5-8-11-16)19-15(2)18-13-9-14-20-18/h5,7-11,13-15,17,19H,3-4,6,12H2,1-2H3/t15-,17?/m1/s1. The zero-order valence-corrected chi connectivity index (χ0v) is 13.3. The molecule has 0 saturated carbocycles. The van der Waals surface area contributed by atoms with Gasteiger partial charge < -0.3 is 5.32 Å². The van der Waals surface area contributed by atoms with Crippen LogP contribution in [0.15, 0.2) is 47.8 Å². The second kappa shape index (κ2) is 8.23. The number of hydrogen-bond donors (Lipinski definition) is 1. The maximum Gasteiger partial charge on any atom is 0.0391 e. The minimum Gasteiger partial charge on any atom is -0.303 e. The normalized spacial score (nSPS) is 14.1. The van der Waals surface area contributed by atoms with Gasteiger partial charge in [0.25, 0.3) is 0 Å². The van der Waals surface area contributed by atoms with E-state index < -0.39 is 0 Å². The minimum atomic E-state index is 0.418. The van der Waals surface area contributed by atoms with Crippen molar-refractivity contribution in [3.05, 3.63) is 58.3 Å².